The molecule has 5 N–H and O–H groups in total. The van der Waals surface area contributed by atoms with Crippen LogP contribution in [0.25, 0.3) is 5.52 Å². The van der Waals surface area contributed by atoms with E-state index in [4.69, 9.17) is 21.0 Å². The van der Waals surface area contributed by atoms with Crippen LogP contribution in [0.5, 0.6) is 0 Å². The maximum atomic E-state index is 13.3. The molecule has 2 aliphatic rings. The van der Waals surface area contributed by atoms with Gasteiger partial charge in [-0.25, -0.2) is 4.52 Å². The van der Waals surface area contributed by atoms with E-state index in [0.717, 1.165) is 17.7 Å². The zero-order chi connectivity index (χ0) is 29.0. The second-order valence-electron chi connectivity index (χ2n) is 10.0. The van der Waals surface area contributed by atoms with Crippen LogP contribution in [-0.2, 0) is 26.3 Å². The first kappa shape index (κ1) is 29.5. The Morgan fingerprint density at radius 3 is 2.67 bits per heavy atom. The molecule has 7 atom stereocenters. The third kappa shape index (κ3) is 5.96. The number of aryl methyl sites for hydroxylation is 1. The number of aromatic nitrogens is 3. The standard InChI is InChI=1S/C23H26ClF3N4O7P2/c24-22-29-21(28-16-4-2-11-1-3-13(8-14(11)16)23(25,26)27)18-6-5-17(31(18)30-22)15-7-12(19(32)20(15)33)9-38-40(36,37)10-39(34)35/h1,3,5-6,8,12,15-16,19-20,32-33,39H,2,4,7,9-10H2,(H,34,35)(H,36,37)(H,28,29,30)/t12-,15+,16-,19-,20+/m1/s1. The lowest BCUT2D eigenvalue weighted by Crippen LogP contribution is -2.29. The molecular formula is C23H26ClF3N4O7P2. The van der Waals surface area contributed by atoms with Crippen LogP contribution in [0.4, 0.5) is 19.0 Å². The third-order valence-electron chi connectivity index (χ3n) is 7.38. The highest BCUT2D eigenvalue weighted by Crippen LogP contribution is 2.50. The largest absolute Gasteiger partial charge is 0.416 e. The van der Waals surface area contributed by atoms with E-state index in [1.54, 1.807) is 12.1 Å². The van der Waals surface area contributed by atoms with Gasteiger partial charge in [-0.1, -0.05) is 6.07 Å². The van der Waals surface area contributed by atoms with Crippen molar-refractivity contribution in [3.05, 3.63) is 58.0 Å². The van der Waals surface area contributed by atoms with E-state index in [-0.39, 0.29) is 17.5 Å². The predicted octanol–water partition coefficient (Wildman–Crippen LogP) is 3.95. The normalized spacial score (nSPS) is 27.1. The van der Waals surface area contributed by atoms with Gasteiger partial charge in [0.1, 0.15) is 11.4 Å². The first-order valence-electron chi connectivity index (χ1n) is 12.3. The molecule has 17 heteroatoms. The van der Waals surface area contributed by atoms with Gasteiger partial charge in [-0.15, -0.1) is 5.10 Å². The molecule has 2 unspecified atom stereocenters. The number of alkyl halides is 3. The Hall–Kier alpha value is -2.02. The van der Waals surface area contributed by atoms with Gasteiger partial charge in [-0.2, -0.15) is 18.2 Å². The number of rotatable bonds is 8. The first-order chi connectivity index (χ1) is 18.7. The number of hydrogen-bond acceptors (Lipinski definition) is 8. The summed E-state index contributed by atoms with van der Waals surface area (Å²) < 4.78 is 69.2. The highest BCUT2D eigenvalue weighted by molar-refractivity contribution is 7.64. The smallest absolute Gasteiger partial charge is 0.390 e. The quantitative estimate of drug-likeness (QED) is 0.232. The molecule has 2 aromatic heterocycles. The summed E-state index contributed by atoms with van der Waals surface area (Å²) in [5.41, 5.74) is 1.46. The van der Waals surface area contributed by atoms with E-state index in [2.05, 4.69) is 15.4 Å². The Labute approximate surface area is 231 Å². The molecule has 0 spiro atoms. The monoisotopic (exact) mass is 624 g/mol. The molecule has 0 saturated heterocycles. The number of aliphatic hydroxyl groups is 2. The Kier molecular flexibility index (Phi) is 8.10. The van der Waals surface area contributed by atoms with Gasteiger partial charge in [-0.3, -0.25) is 9.13 Å². The summed E-state index contributed by atoms with van der Waals surface area (Å²) in [6.45, 7) is -0.426. The minimum absolute atomic E-state index is 0.128. The molecular weight excluding hydrogens is 599 g/mol. The number of nitrogens with one attached hydrogen (secondary N) is 1. The predicted molar refractivity (Wildman–Crippen MR) is 139 cm³/mol. The van der Waals surface area contributed by atoms with Gasteiger partial charge in [0, 0.05) is 17.5 Å². The lowest BCUT2D eigenvalue weighted by atomic mass is 10.0. The van der Waals surface area contributed by atoms with Crippen molar-refractivity contribution >= 4 is 38.6 Å². The average Bonchev–Trinajstić information content (AvgIpc) is 3.53. The topological polar surface area (TPSA) is 167 Å². The fourth-order valence-corrected chi connectivity index (χ4v) is 7.80. The van der Waals surface area contributed by atoms with Crippen molar-refractivity contribution < 1.29 is 46.8 Å². The number of anilines is 1. The second kappa shape index (κ2) is 11.0. The zero-order valence-electron chi connectivity index (χ0n) is 20.6. The fourth-order valence-electron chi connectivity index (χ4n) is 5.48. The summed E-state index contributed by atoms with van der Waals surface area (Å²) in [4.78, 5) is 22.9. The molecule has 218 valence electrons. The molecule has 1 aromatic carbocycles. The zero-order valence-corrected chi connectivity index (χ0v) is 23.3. The number of benzene rings is 1. The fraction of sp³-hybridized carbons (Fsp3) is 0.478. The minimum Gasteiger partial charge on any atom is -0.390 e. The van der Waals surface area contributed by atoms with E-state index in [1.807, 2.05) is 0 Å². The van der Waals surface area contributed by atoms with Crippen LogP contribution in [0.15, 0.2) is 30.3 Å². The van der Waals surface area contributed by atoms with Crippen LogP contribution >= 0.6 is 27.2 Å². The molecule has 40 heavy (non-hydrogen) atoms. The summed E-state index contributed by atoms with van der Waals surface area (Å²) in [6, 6.07) is 6.51. The summed E-state index contributed by atoms with van der Waals surface area (Å²) in [6.07, 6.45) is -5.86. The highest BCUT2D eigenvalue weighted by atomic mass is 35.5. The van der Waals surface area contributed by atoms with Crippen molar-refractivity contribution in [2.24, 2.45) is 5.92 Å². The summed E-state index contributed by atoms with van der Waals surface area (Å²) in [5.74, 6) is -2.10. The highest BCUT2D eigenvalue weighted by Gasteiger charge is 2.44. The Morgan fingerprint density at radius 2 is 1.98 bits per heavy atom. The minimum atomic E-state index is -4.48. The number of halogens is 4. The molecule has 0 amide bonds. The van der Waals surface area contributed by atoms with Crippen LogP contribution in [0, 0.1) is 5.92 Å². The first-order valence-corrected chi connectivity index (χ1v) is 16.0. The summed E-state index contributed by atoms with van der Waals surface area (Å²) in [7, 11) is -7.61. The van der Waals surface area contributed by atoms with Crippen LogP contribution in [-0.4, -0.2) is 59.3 Å². The Bertz CT molecular complexity index is 1510. The maximum Gasteiger partial charge on any atom is 0.416 e. The number of fused-ring (bicyclic) bond motifs is 2. The van der Waals surface area contributed by atoms with Gasteiger partial charge < -0.3 is 29.8 Å². The van der Waals surface area contributed by atoms with Crippen molar-refractivity contribution in [1.29, 1.82) is 0 Å². The number of aliphatic hydroxyl groups excluding tert-OH is 2. The van der Waals surface area contributed by atoms with Gasteiger partial charge >= 0.3 is 13.8 Å². The Morgan fingerprint density at radius 1 is 1.23 bits per heavy atom. The van der Waals surface area contributed by atoms with E-state index in [9.17, 15) is 37.4 Å². The van der Waals surface area contributed by atoms with Crippen LogP contribution in [0.3, 0.4) is 0 Å². The summed E-state index contributed by atoms with van der Waals surface area (Å²) in [5, 5.41) is 28.6. The molecule has 1 saturated carbocycles. The van der Waals surface area contributed by atoms with Gasteiger partial charge in [-0.05, 0) is 66.3 Å². The molecule has 0 bridgehead atoms. The van der Waals surface area contributed by atoms with E-state index >= 15 is 0 Å². The second-order valence-corrected chi connectivity index (χ2v) is 13.9. The molecule has 0 aliphatic heterocycles. The van der Waals surface area contributed by atoms with Crippen LogP contribution in [0.2, 0.25) is 5.28 Å². The van der Waals surface area contributed by atoms with Crippen molar-refractivity contribution in [2.45, 2.75) is 49.6 Å². The average molecular weight is 625 g/mol. The van der Waals surface area contributed by atoms with Gasteiger partial charge in [0.15, 0.2) is 5.82 Å². The van der Waals surface area contributed by atoms with Gasteiger partial charge in [0.25, 0.3) is 0 Å². The molecule has 2 aliphatic carbocycles. The van der Waals surface area contributed by atoms with E-state index in [1.165, 1.54) is 10.6 Å². The van der Waals surface area contributed by atoms with Crippen LogP contribution in [0.1, 0.15) is 47.2 Å². The molecule has 11 nitrogen and oxygen atoms in total. The molecule has 2 heterocycles. The van der Waals surface area contributed by atoms with Gasteiger partial charge in [0.2, 0.25) is 13.3 Å². The van der Waals surface area contributed by atoms with Crippen molar-refractivity contribution in [3.63, 3.8) is 0 Å². The SMILES string of the molecule is O=[PH](O)CP(=O)(O)OC[C@H]1C[C@@H](c2ccc3c(N[C@@H]4CCc5ccc(C(F)(F)F)cc54)nc(Cl)nn23)[C@H](O)[C@@H]1O. The maximum absolute atomic E-state index is 13.3. The van der Waals surface area contributed by atoms with Crippen LogP contribution < -0.4 is 5.32 Å². The molecule has 3 aromatic rings. The van der Waals surface area contributed by atoms with Gasteiger partial charge in [0.05, 0.1) is 30.4 Å². The molecule has 5 rings (SSSR count). The number of nitrogens with zero attached hydrogens (tertiary/aromatic N) is 3. The third-order valence-corrected chi connectivity index (χ3v) is 10.8. The van der Waals surface area contributed by atoms with E-state index < -0.39 is 70.0 Å². The molecule has 0 radical (unpaired) electrons. The van der Waals surface area contributed by atoms with Crippen molar-refractivity contribution in [3.8, 4) is 0 Å². The lowest BCUT2D eigenvalue weighted by Gasteiger charge is -2.19. The Balaban J connectivity index is 1.39. The summed E-state index contributed by atoms with van der Waals surface area (Å²) >= 11 is 6.20. The lowest BCUT2D eigenvalue weighted by molar-refractivity contribution is -0.137. The van der Waals surface area contributed by atoms with E-state index in [0.29, 0.717) is 29.6 Å². The van der Waals surface area contributed by atoms with Crippen molar-refractivity contribution in [1.82, 2.24) is 14.6 Å². The van der Waals surface area contributed by atoms with Crippen molar-refractivity contribution in [2.75, 3.05) is 17.8 Å². The number of hydrogen-bond donors (Lipinski definition) is 5. The molecule has 1 fully saturated rings.